The van der Waals surface area contributed by atoms with E-state index in [0.29, 0.717) is 48.8 Å². The summed E-state index contributed by atoms with van der Waals surface area (Å²) in [6, 6.07) is 8.59. The predicted molar refractivity (Wildman–Crippen MR) is 133 cm³/mol. The first kappa shape index (κ1) is 25.2. The van der Waals surface area contributed by atoms with Crippen LogP contribution >= 0.6 is 11.3 Å². The second-order valence-corrected chi connectivity index (χ2v) is 11.3. The van der Waals surface area contributed by atoms with Crippen molar-refractivity contribution in [2.75, 3.05) is 34.0 Å². The molecule has 37 heavy (non-hydrogen) atoms. The van der Waals surface area contributed by atoms with Gasteiger partial charge in [-0.05, 0) is 37.1 Å². The van der Waals surface area contributed by atoms with Crippen LogP contribution in [-0.4, -0.2) is 69.2 Å². The van der Waals surface area contributed by atoms with E-state index in [4.69, 9.17) is 18.9 Å². The molecular formula is C24H25N3O8S2. The molecule has 1 fully saturated rings. The van der Waals surface area contributed by atoms with Crippen LogP contribution in [0.4, 0.5) is 0 Å². The molecular weight excluding hydrogens is 522 g/mol. The highest BCUT2D eigenvalue weighted by molar-refractivity contribution is 7.89. The van der Waals surface area contributed by atoms with Crippen molar-refractivity contribution in [3.05, 3.63) is 41.2 Å². The Balaban J connectivity index is 1.53. The zero-order chi connectivity index (χ0) is 26.2. The lowest BCUT2D eigenvalue weighted by atomic mass is 10.2. The standard InChI is InChI=1S/C24H25N3O8S2/c1-32-15-5-7-16(8-6-15)37(30,31)27-9-3-4-17(27)23(29)25-24-26(14-22(28)33-2)18-12-19-20(13-21(18)36-24)35-11-10-34-19/h5-8,12-13,17H,3-4,9-11,14H2,1-2H3. The number of fused-ring (bicyclic) bond motifs is 2. The Bertz CT molecular complexity index is 1530. The Morgan fingerprint density at radius 2 is 1.81 bits per heavy atom. The number of hydrogen-bond donors (Lipinski definition) is 0. The molecule has 11 nitrogen and oxygen atoms in total. The van der Waals surface area contributed by atoms with Crippen molar-refractivity contribution in [2.45, 2.75) is 30.3 Å². The van der Waals surface area contributed by atoms with Crippen LogP contribution in [0.5, 0.6) is 17.2 Å². The predicted octanol–water partition coefficient (Wildman–Crippen LogP) is 1.94. The molecule has 13 heteroatoms. The molecule has 2 aliphatic heterocycles. The molecule has 0 aliphatic carbocycles. The van der Waals surface area contributed by atoms with Crippen LogP contribution < -0.4 is 19.0 Å². The number of nitrogens with zero attached hydrogens (tertiary/aromatic N) is 3. The van der Waals surface area contributed by atoms with Crippen LogP contribution in [-0.2, 0) is 30.9 Å². The molecule has 0 radical (unpaired) electrons. The fourth-order valence-corrected chi connectivity index (χ4v) is 7.06. The maximum atomic E-state index is 13.4. The average molecular weight is 548 g/mol. The summed E-state index contributed by atoms with van der Waals surface area (Å²) in [6.07, 6.45) is 0.868. The first-order valence-electron chi connectivity index (χ1n) is 11.6. The summed E-state index contributed by atoms with van der Waals surface area (Å²) in [5.74, 6) is 0.502. The normalized spacial score (nSPS) is 18.2. The second-order valence-electron chi connectivity index (χ2n) is 8.41. The Labute approximate surface area is 216 Å². The van der Waals surface area contributed by atoms with Gasteiger partial charge in [0.05, 0.1) is 29.3 Å². The first-order valence-corrected chi connectivity index (χ1v) is 13.8. The van der Waals surface area contributed by atoms with Gasteiger partial charge in [-0.3, -0.25) is 9.59 Å². The lowest BCUT2D eigenvalue weighted by molar-refractivity contribution is -0.141. The van der Waals surface area contributed by atoms with Gasteiger partial charge in [-0.15, -0.1) is 0 Å². The minimum absolute atomic E-state index is 0.0706. The SMILES string of the molecule is COC(=O)Cn1c(=NC(=O)C2CCCN2S(=O)(=O)c2ccc(OC)cc2)sc2cc3c(cc21)OCCO3. The van der Waals surface area contributed by atoms with Gasteiger partial charge in [-0.25, -0.2) is 8.42 Å². The lowest BCUT2D eigenvalue weighted by Gasteiger charge is -2.21. The van der Waals surface area contributed by atoms with Crippen LogP contribution in [0, 0.1) is 0 Å². The van der Waals surface area contributed by atoms with Crippen molar-refractivity contribution < 1.29 is 37.0 Å². The summed E-state index contributed by atoms with van der Waals surface area (Å²) in [5, 5.41) is 0. The zero-order valence-corrected chi connectivity index (χ0v) is 21.8. The molecule has 0 saturated carbocycles. The molecule has 0 bridgehead atoms. The molecule has 1 saturated heterocycles. The molecule has 1 unspecified atom stereocenters. The molecule has 0 N–H and O–H groups in total. The van der Waals surface area contributed by atoms with Gasteiger partial charge in [0.25, 0.3) is 5.91 Å². The van der Waals surface area contributed by atoms with Crippen molar-refractivity contribution in [3.63, 3.8) is 0 Å². The van der Waals surface area contributed by atoms with Gasteiger partial charge >= 0.3 is 5.97 Å². The van der Waals surface area contributed by atoms with E-state index < -0.39 is 27.9 Å². The molecule has 196 valence electrons. The molecule has 1 aromatic heterocycles. The van der Waals surface area contributed by atoms with E-state index in [1.54, 1.807) is 28.8 Å². The highest BCUT2D eigenvalue weighted by atomic mass is 32.2. The average Bonchev–Trinajstić information content (AvgIpc) is 3.53. The summed E-state index contributed by atoms with van der Waals surface area (Å²) >= 11 is 1.20. The van der Waals surface area contributed by atoms with E-state index in [2.05, 4.69) is 4.99 Å². The number of benzene rings is 2. The van der Waals surface area contributed by atoms with Gasteiger partial charge in [-0.2, -0.15) is 9.30 Å². The number of sulfonamides is 1. The molecule has 5 rings (SSSR count). The second kappa shape index (κ2) is 10.1. The van der Waals surface area contributed by atoms with Crippen LogP contribution in [0.1, 0.15) is 12.8 Å². The number of carbonyl (C=O) groups is 2. The van der Waals surface area contributed by atoms with Gasteiger partial charge in [-0.1, -0.05) is 11.3 Å². The Kier molecular flexibility index (Phi) is 6.92. The number of amides is 1. The summed E-state index contributed by atoms with van der Waals surface area (Å²) in [7, 11) is -1.16. The van der Waals surface area contributed by atoms with Gasteiger partial charge < -0.3 is 23.5 Å². The van der Waals surface area contributed by atoms with Crippen molar-refractivity contribution in [1.82, 2.24) is 8.87 Å². The minimum Gasteiger partial charge on any atom is -0.497 e. The third-order valence-corrected chi connectivity index (χ3v) is 9.19. The number of methoxy groups -OCH3 is 2. The number of rotatable bonds is 6. The van der Waals surface area contributed by atoms with E-state index >= 15 is 0 Å². The van der Waals surface area contributed by atoms with Crippen LogP contribution in [0.25, 0.3) is 10.2 Å². The van der Waals surface area contributed by atoms with Crippen molar-refractivity contribution in [3.8, 4) is 17.2 Å². The van der Waals surface area contributed by atoms with E-state index in [1.807, 2.05) is 0 Å². The third kappa shape index (κ3) is 4.81. The minimum atomic E-state index is -3.93. The topological polar surface area (TPSA) is 126 Å². The quantitative estimate of drug-likeness (QED) is 0.429. The zero-order valence-electron chi connectivity index (χ0n) is 20.2. The molecule has 1 amide bonds. The Morgan fingerprint density at radius 3 is 2.49 bits per heavy atom. The van der Waals surface area contributed by atoms with Gasteiger partial charge in [0.15, 0.2) is 16.3 Å². The smallest absolute Gasteiger partial charge is 0.325 e. The van der Waals surface area contributed by atoms with E-state index in [-0.39, 0.29) is 22.8 Å². The third-order valence-electron chi connectivity index (χ3n) is 6.22. The van der Waals surface area contributed by atoms with Crippen molar-refractivity contribution >= 4 is 43.5 Å². The molecule has 2 aromatic carbocycles. The molecule has 1 atom stereocenters. The highest BCUT2D eigenvalue weighted by Gasteiger charge is 2.39. The monoisotopic (exact) mass is 547 g/mol. The van der Waals surface area contributed by atoms with Gasteiger partial charge in [0.2, 0.25) is 10.0 Å². The fourth-order valence-electron chi connectivity index (χ4n) is 4.36. The molecule has 3 aromatic rings. The van der Waals surface area contributed by atoms with Gasteiger partial charge in [0, 0.05) is 18.7 Å². The van der Waals surface area contributed by atoms with Crippen LogP contribution in [0.15, 0.2) is 46.3 Å². The highest BCUT2D eigenvalue weighted by Crippen LogP contribution is 2.36. The van der Waals surface area contributed by atoms with E-state index in [9.17, 15) is 18.0 Å². The summed E-state index contributed by atoms with van der Waals surface area (Å²) in [5.41, 5.74) is 0.625. The van der Waals surface area contributed by atoms with Crippen molar-refractivity contribution in [2.24, 2.45) is 4.99 Å². The number of hydrogen-bond acceptors (Lipinski definition) is 9. The Hall–Kier alpha value is -3.42. The lowest BCUT2D eigenvalue weighted by Crippen LogP contribution is -2.40. The first-order chi connectivity index (χ1) is 17.8. The summed E-state index contributed by atoms with van der Waals surface area (Å²) in [6.45, 7) is 0.842. The number of thiazole rings is 1. The number of ether oxygens (including phenoxy) is 4. The Morgan fingerprint density at radius 1 is 1.11 bits per heavy atom. The molecule has 0 spiro atoms. The number of aromatic nitrogens is 1. The van der Waals surface area contributed by atoms with Gasteiger partial charge in [0.1, 0.15) is 31.5 Å². The van der Waals surface area contributed by atoms with Crippen LogP contribution in [0.3, 0.4) is 0 Å². The number of carbonyl (C=O) groups excluding carboxylic acids is 2. The molecule has 3 heterocycles. The molecule has 2 aliphatic rings. The van der Waals surface area contributed by atoms with E-state index in [1.165, 1.54) is 42.0 Å². The number of esters is 1. The maximum Gasteiger partial charge on any atom is 0.325 e. The van der Waals surface area contributed by atoms with E-state index in [0.717, 1.165) is 4.70 Å². The fraction of sp³-hybridized carbons (Fsp3) is 0.375. The summed E-state index contributed by atoms with van der Waals surface area (Å²) in [4.78, 5) is 30.2. The van der Waals surface area contributed by atoms with Crippen LogP contribution in [0.2, 0.25) is 0 Å². The largest absolute Gasteiger partial charge is 0.497 e. The maximum absolute atomic E-state index is 13.4. The summed E-state index contributed by atoms with van der Waals surface area (Å²) < 4.78 is 51.4. The van der Waals surface area contributed by atoms with Crippen molar-refractivity contribution in [1.29, 1.82) is 0 Å².